The van der Waals surface area contributed by atoms with Gasteiger partial charge in [0.15, 0.2) is 0 Å². The lowest BCUT2D eigenvalue weighted by Crippen LogP contribution is -2.44. The third kappa shape index (κ3) is 7.21. The molecule has 0 bridgehead atoms. The molecule has 24 heavy (non-hydrogen) atoms. The Morgan fingerprint density at radius 3 is 2.58 bits per heavy atom. The van der Waals surface area contributed by atoms with E-state index in [-0.39, 0.29) is 0 Å². The molecule has 1 heterocycles. The second kappa shape index (κ2) is 10.7. The van der Waals surface area contributed by atoms with Crippen molar-refractivity contribution in [2.24, 2.45) is 5.84 Å². The van der Waals surface area contributed by atoms with Gasteiger partial charge < -0.3 is 19.9 Å². The minimum Gasteiger partial charge on any atom is -0.494 e. The number of hydrogen-bond donors (Lipinski definition) is 2. The van der Waals surface area contributed by atoms with Crippen molar-refractivity contribution >= 4 is 0 Å². The Morgan fingerprint density at radius 2 is 1.88 bits per heavy atom. The van der Waals surface area contributed by atoms with Crippen molar-refractivity contribution in [2.45, 2.75) is 51.0 Å². The molecule has 2 fully saturated rings. The van der Waals surface area contributed by atoms with Crippen LogP contribution >= 0.6 is 0 Å². The van der Waals surface area contributed by atoms with Crippen LogP contribution in [0.4, 0.5) is 0 Å². The minimum atomic E-state index is 0.460. The number of ether oxygens (including phenoxy) is 1. The number of hydroxylamine groups is 2. The van der Waals surface area contributed by atoms with E-state index in [2.05, 4.69) is 11.5 Å². The number of allylic oxidation sites excluding steroid dienone is 1. The summed E-state index contributed by atoms with van der Waals surface area (Å²) in [6.45, 7) is 9.07. The van der Waals surface area contributed by atoms with Crippen LogP contribution in [0.15, 0.2) is 24.6 Å². The number of hydrogen-bond acceptors (Lipinski definition) is 6. The second-order valence-corrected chi connectivity index (χ2v) is 6.87. The van der Waals surface area contributed by atoms with Crippen LogP contribution in [0.1, 0.15) is 44.9 Å². The van der Waals surface area contributed by atoms with Crippen molar-refractivity contribution in [3.05, 3.63) is 24.6 Å². The summed E-state index contributed by atoms with van der Waals surface area (Å²) < 4.78 is 5.66. The van der Waals surface area contributed by atoms with E-state index in [1.807, 2.05) is 17.3 Å². The molecule has 0 radical (unpaired) electrons. The van der Waals surface area contributed by atoms with Crippen LogP contribution in [0, 0.1) is 0 Å². The molecule has 138 valence electrons. The highest BCUT2D eigenvalue weighted by Gasteiger charge is 2.16. The van der Waals surface area contributed by atoms with Crippen molar-refractivity contribution in [3.8, 4) is 0 Å². The highest BCUT2D eigenvalue weighted by Crippen LogP contribution is 2.21. The number of nitrogens with zero attached hydrogens (tertiary/aromatic N) is 3. The molecule has 1 aliphatic heterocycles. The third-order valence-corrected chi connectivity index (χ3v) is 4.93. The number of nitrogens with two attached hydrogens (primary N) is 1. The zero-order chi connectivity index (χ0) is 17.2. The van der Waals surface area contributed by atoms with Crippen LogP contribution < -0.4 is 5.84 Å². The molecule has 0 aromatic carbocycles. The Kier molecular flexibility index (Phi) is 8.59. The van der Waals surface area contributed by atoms with E-state index in [1.54, 1.807) is 0 Å². The third-order valence-electron chi connectivity index (χ3n) is 4.93. The van der Waals surface area contributed by atoms with Gasteiger partial charge in [0.1, 0.15) is 5.76 Å². The van der Waals surface area contributed by atoms with Crippen molar-refractivity contribution in [1.82, 2.24) is 15.0 Å². The van der Waals surface area contributed by atoms with Crippen LogP contribution in [0.2, 0.25) is 0 Å². The van der Waals surface area contributed by atoms with E-state index in [4.69, 9.17) is 10.6 Å². The van der Waals surface area contributed by atoms with Gasteiger partial charge >= 0.3 is 0 Å². The topological polar surface area (TPSA) is 65.2 Å². The molecule has 6 heteroatoms. The summed E-state index contributed by atoms with van der Waals surface area (Å²) in [6.07, 6.45) is 12.1. The maximum absolute atomic E-state index is 9.33. The summed E-state index contributed by atoms with van der Waals surface area (Å²) in [4.78, 5) is 2.39. The lowest BCUT2D eigenvalue weighted by Gasteiger charge is -2.30. The minimum absolute atomic E-state index is 0.460. The predicted octanol–water partition coefficient (Wildman–Crippen LogP) is 2.33. The quantitative estimate of drug-likeness (QED) is 0.221. The van der Waals surface area contributed by atoms with Crippen molar-refractivity contribution in [2.75, 3.05) is 39.3 Å². The monoisotopic (exact) mass is 338 g/mol. The van der Waals surface area contributed by atoms with Gasteiger partial charge in [0.25, 0.3) is 0 Å². The average Bonchev–Trinajstić information content (AvgIpc) is 2.61. The van der Waals surface area contributed by atoms with E-state index in [1.165, 1.54) is 37.2 Å². The van der Waals surface area contributed by atoms with Crippen LogP contribution in [0.25, 0.3) is 0 Å². The first kappa shape index (κ1) is 19.2. The Labute approximate surface area is 146 Å². The van der Waals surface area contributed by atoms with E-state index in [0.717, 1.165) is 45.6 Å². The lowest BCUT2D eigenvalue weighted by molar-refractivity contribution is -0.117. The summed E-state index contributed by atoms with van der Waals surface area (Å²) >= 11 is 0. The molecule has 0 aromatic rings. The molecular formula is C18H34N4O2. The standard InChI is InChI=1S/C18H34N4O2/c1-17(9-11-22(19)18-7-3-2-4-8-18)24-16-6-5-10-20-12-14-21(23)15-13-20/h9,11,18,23H,1-8,10,12-16,19H2/b11-9-. The van der Waals surface area contributed by atoms with Gasteiger partial charge in [0.2, 0.25) is 0 Å². The molecule has 0 atom stereocenters. The molecule has 1 saturated carbocycles. The van der Waals surface area contributed by atoms with E-state index >= 15 is 0 Å². The fraction of sp³-hybridized carbons (Fsp3) is 0.778. The highest BCUT2D eigenvalue weighted by atomic mass is 16.5. The van der Waals surface area contributed by atoms with Crippen molar-refractivity contribution < 1.29 is 9.94 Å². The molecule has 0 amide bonds. The molecule has 2 rings (SSSR count). The fourth-order valence-electron chi connectivity index (χ4n) is 3.32. The summed E-state index contributed by atoms with van der Waals surface area (Å²) in [5.41, 5.74) is 0. The number of hydrazine groups is 1. The maximum atomic E-state index is 9.33. The largest absolute Gasteiger partial charge is 0.494 e. The summed E-state index contributed by atoms with van der Waals surface area (Å²) in [5.74, 6) is 6.76. The summed E-state index contributed by atoms with van der Waals surface area (Å²) in [6, 6.07) is 0.460. The number of unbranched alkanes of at least 4 members (excludes halogenated alkanes) is 1. The van der Waals surface area contributed by atoms with Crippen LogP contribution in [-0.2, 0) is 4.74 Å². The molecular weight excluding hydrogens is 304 g/mol. The fourth-order valence-corrected chi connectivity index (χ4v) is 3.32. The lowest BCUT2D eigenvalue weighted by atomic mass is 9.95. The van der Waals surface area contributed by atoms with Gasteiger partial charge in [-0.1, -0.05) is 25.8 Å². The first-order valence-corrected chi connectivity index (χ1v) is 9.34. The number of rotatable bonds is 9. The van der Waals surface area contributed by atoms with E-state index in [9.17, 15) is 5.21 Å². The van der Waals surface area contributed by atoms with Crippen molar-refractivity contribution in [3.63, 3.8) is 0 Å². The molecule has 2 aliphatic rings. The molecule has 3 N–H and O–H groups in total. The predicted molar refractivity (Wildman–Crippen MR) is 96.2 cm³/mol. The zero-order valence-electron chi connectivity index (χ0n) is 14.9. The van der Waals surface area contributed by atoms with E-state index < -0.39 is 0 Å². The highest BCUT2D eigenvalue weighted by molar-refractivity contribution is 5.06. The summed E-state index contributed by atoms with van der Waals surface area (Å²) in [7, 11) is 0. The Hall–Kier alpha value is -1.08. The average molecular weight is 338 g/mol. The van der Waals surface area contributed by atoms with Gasteiger partial charge in [-0.3, -0.25) is 0 Å². The Balaban J connectivity index is 1.50. The first-order valence-electron chi connectivity index (χ1n) is 9.34. The molecule has 0 unspecified atom stereocenters. The SMILES string of the molecule is C=C(/C=C\N(N)C1CCCCC1)OCCCCN1CCN(O)CC1. The van der Waals surface area contributed by atoms with Crippen molar-refractivity contribution in [1.29, 1.82) is 0 Å². The smallest absolute Gasteiger partial charge is 0.113 e. The van der Waals surface area contributed by atoms with Gasteiger partial charge in [-0.05, 0) is 38.3 Å². The van der Waals surface area contributed by atoms with Gasteiger partial charge in [0, 0.05) is 38.4 Å². The molecule has 6 nitrogen and oxygen atoms in total. The van der Waals surface area contributed by atoms with Gasteiger partial charge in [0.05, 0.1) is 6.61 Å². The zero-order valence-corrected chi connectivity index (χ0v) is 14.9. The van der Waals surface area contributed by atoms with E-state index in [0.29, 0.717) is 18.4 Å². The van der Waals surface area contributed by atoms with Gasteiger partial charge in [-0.25, -0.2) is 5.84 Å². The molecule has 1 saturated heterocycles. The van der Waals surface area contributed by atoms with Gasteiger partial charge in [-0.2, -0.15) is 5.06 Å². The normalized spacial score (nSPS) is 21.2. The molecule has 1 aliphatic carbocycles. The first-order chi connectivity index (χ1) is 11.6. The second-order valence-electron chi connectivity index (χ2n) is 6.87. The molecule has 0 aromatic heterocycles. The van der Waals surface area contributed by atoms with Gasteiger partial charge in [-0.15, -0.1) is 0 Å². The maximum Gasteiger partial charge on any atom is 0.113 e. The summed E-state index contributed by atoms with van der Waals surface area (Å²) in [5, 5.41) is 12.5. The Bertz CT molecular complexity index is 388. The number of piperazine rings is 1. The Morgan fingerprint density at radius 1 is 1.17 bits per heavy atom. The van der Waals surface area contributed by atoms with Crippen LogP contribution in [-0.4, -0.2) is 65.6 Å². The van der Waals surface area contributed by atoms with Crippen LogP contribution in [0.5, 0.6) is 0 Å². The molecule has 0 spiro atoms. The van der Waals surface area contributed by atoms with Crippen LogP contribution in [0.3, 0.4) is 0 Å².